The Kier molecular flexibility index (Phi) is 5.41. The number of fused-ring (bicyclic) bond motifs is 1. The van der Waals surface area contributed by atoms with Gasteiger partial charge in [0.25, 0.3) is 11.5 Å². The molecule has 2 N–H and O–H groups in total. The lowest BCUT2D eigenvalue weighted by molar-refractivity contribution is 0.102. The second kappa shape index (κ2) is 7.65. The summed E-state index contributed by atoms with van der Waals surface area (Å²) in [5.41, 5.74) is 0.638. The maximum absolute atomic E-state index is 13.1. The van der Waals surface area contributed by atoms with Gasteiger partial charge in [0.1, 0.15) is 5.82 Å². The van der Waals surface area contributed by atoms with Crippen LogP contribution in [0.5, 0.6) is 0 Å². The molecule has 3 aromatic heterocycles. The van der Waals surface area contributed by atoms with Crippen LogP contribution < -0.4 is 16.6 Å². The lowest BCUT2D eigenvalue weighted by atomic mass is 10.0. The molecule has 3 aromatic rings. The normalized spacial score (nSPS) is 11.6. The third kappa shape index (κ3) is 3.98. The third-order valence-electron chi connectivity index (χ3n) is 4.60. The molecule has 0 spiro atoms. The predicted molar refractivity (Wildman–Crippen MR) is 111 cm³/mol. The van der Waals surface area contributed by atoms with Crippen LogP contribution in [0.15, 0.2) is 21.7 Å². The Morgan fingerprint density at radius 3 is 2.45 bits per heavy atom. The zero-order valence-electron chi connectivity index (χ0n) is 17.5. The molecule has 0 aliphatic heterocycles. The molecule has 0 atom stereocenters. The van der Waals surface area contributed by atoms with Crippen molar-refractivity contribution in [2.45, 2.75) is 47.1 Å². The second-order valence-corrected chi connectivity index (χ2v) is 7.96. The first-order chi connectivity index (χ1) is 13.6. The molecule has 154 valence electrons. The zero-order chi connectivity index (χ0) is 21.5. The van der Waals surface area contributed by atoms with Crippen molar-refractivity contribution in [1.82, 2.24) is 24.3 Å². The highest BCUT2D eigenvalue weighted by Crippen LogP contribution is 2.21. The molecule has 0 aliphatic rings. The van der Waals surface area contributed by atoms with Gasteiger partial charge in [-0.3, -0.25) is 23.8 Å². The Balaban J connectivity index is 2.27. The largest absolute Gasteiger partial charge is 0.330 e. The smallest absolute Gasteiger partial charge is 0.307 e. The van der Waals surface area contributed by atoms with Gasteiger partial charge in [0.05, 0.1) is 16.6 Å². The van der Waals surface area contributed by atoms with Crippen molar-refractivity contribution in [2.24, 2.45) is 13.0 Å². The second-order valence-electron chi connectivity index (χ2n) is 7.96. The van der Waals surface area contributed by atoms with Crippen LogP contribution in [0.4, 0.5) is 5.82 Å². The van der Waals surface area contributed by atoms with Crippen LogP contribution in [0.1, 0.15) is 55.4 Å². The number of aromatic nitrogens is 5. The van der Waals surface area contributed by atoms with Gasteiger partial charge in [0, 0.05) is 25.4 Å². The van der Waals surface area contributed by atoms with Gasteiger partial charge in [-0.05, 0) is 24.8 Å². The fourth-order valence-corrected chi connectivity index (χ4v) is 3.21. The summed E-state index contributed by atoms with van der Waals surface area (Å²) >= 11 is 0. The van der Waals surface area contributed by atoms with Crippen LogP contribution in [0.2, 0.25) is 0 Å². The molecule has 0 aliphatic carbocycles. The van der Waals surface area contributed by atoms with E-state index in [0.29, 0.717) is 18.1 Å². The zero-order valence-corrected chi connectivity index (χ0v) is 17.5. The number of pyridine rings is 1. The molecule has 3 rings (SSSR count). The van der Waals surface area contributed by atoms with E-state index in [-0.39, 0.29) is 28.4 Å². The summed E-state index contributed by atoms with van der Waals surface area (Å²) in [6, 6.07) is 3.36. The minimum Gasteiger partial charge on any atom is -0.307 e. The number of nitrogens with one attached hydrogen (secondary N) is 2. The van der Waals surface area contributed by atoms with E-state index in [1.54, 1.807) is 23.9 Å². The van der Waals surface area contributed by atoms with E-state index in [0.717, 1.165) is 5.69 Å². The molecule has 0 saturated heterocycles. The number of rotatable bonds is 5. The topological polar surface area (TPSA) is 115 Å². The highest BCUT2D eigenvalue weighted by Gasteiger charge is 2.21. The molecule has 3 heterocycles. The van der Waals surface area contributed by atoms with Gasteiger partial charge in [0.2, 0.25) is 0 Å². The monoisotopic (exact) mass is 398 g/mol. The van der Waals surface area contributed by atoms with Crippen molar-refractivity contribution in [3.05, 3.63) is 49.9 Å². The number of H-pyrrole nitrogens is 1. The summed E-state index contributed by atoms with van der Waals surface area (Å²) in [5, 5.41) is 7.12. The molecule has 1 amide bonds. The third-order valence-corrected chi connectivity index (χ3v) is 4.60. The van der Waals surface area contributed by atoms with Gasteiger partial charge in [-0.2, -0.15) is 5.10 Å². The Bertz CT molecular complexity index is 1200. The van der Waals surface area contributed by atoms with Crippen molar-refractivity contribution in [1.29, 1.82) is 0 Å². The first-order valence-corrected chi connectivity index (χ1v) is 9.58. The van der Waals surface area contributed by atoms with Crippen molar-refractivity contribution in [2.75, 3.05) is 5.32 Å². The van der Waals surface area contributed by atoms with E-state index < -0.39 is 17.2 Å². The Labute approximate surface area is 167 Å². The number of hydrogen-bond donors (Lipinski definition) is 2. The summed E-state index contributed by atoms with van der Waals surface area (Å²) < 4.78 is 2.98. The number of aromatic amines is 1. The van der Waals surface area contributed by atoms with E-state index in [2.05, 4.69) is 20.4 Å². The molecule has 29 heavy (non-hydrogen) atoms. The van der Waals surface area contributed by atoms with Gasteiger partial charge in [-0.1, -0.05) is 27.7 Å². The number of nitrogens with zero attached hydrogens (tertiary/aromatic N) is 4. The Morgan fingerprint density at radius 1 is 1.21 bits per heavy atom. The lowest BCUT2D eigenvalue weighted by Crippen LogP contribution is -2.33. The van der Waals surface area contributed by atoms with Gasteiger partial charge in [-0.25, -0.2) is 9.78 Å². The highest BCUT2D eigenvalue weighted by molar-refractivity contribution is 6.11. The molecule has 0 bridgehead atoms. The van der Waals surface area contributed by atoms with Crippen LogP contribution >= 0.6 is 0 Å². The number of amides is 1. The van der Waals surface area contributed by atoms with Crippen molar-refractivity contribution >= 4 is 22.8 Å². The van der Waals surface area contributed by atoms with Crippen molar-refractivity contribution < 1.29 is 4.79 Å². The standard InChI is InChI=1S/C20H26N6O3/c1-10(2)9-26-17-16(19(28)23-20(26)29)13(8-14(21-17)11(3)4)18(27)22-15-7-12(5)24-25(15)6/h7-8,10-11H,9H2,1-6H3,(H,22,27)(H,23,28,29). The molecule has 0 aromatic carbocycles. The lowest BCUT2D eigenvalue weighted by Gasteiger charge is -2.16. The Morgan fingerprint density at radius 2 is 1.90 bits per heavy atom. The van der Waals surface area contributed by atoms with E-state index in [1.165, 1.54) is 4.57 Å². The van der Waals surface area contributed by atoms with Crippen molar-refractivity contribution in [3.8, 4) is 0 Å². The fourth-order valence-electron chi connectivity index (χ4n) is 3.21. The fraction of sp³-hybridized carbons (Fsp3) is 0.450. The minimum absolute atomic E-state index is 0.00628. The molecule has 0 radical (unpaired) electrons. The Hall–Kier alpha value is -3.23. The summed E-state index contributed by atoms with van der Waals surface area (Å²) in [6.45, 7) is 10.0. The first kappa shape index (κ1) is 20.5. The van der Waals surface area contributed by atoms with Crippen LogP contribution in [0.25, 0.3) is 11.0 Å². The van der Waals surface area contributed by atoms with E-state index >= 15 is 0 Å². The minimum atomic E-state index is -0.626. The molecule has 0 saturated carbocycles. The average Bonchev–Trinajstić information content (AvgIpc) is 2.94. The van der Waals surface area contributed by atoms with Gasteiger partial charge < -0.3 is 5.32 Å². The maximum Gasteiger partial charge on any atom is 0.330 e. The SMILES string of the molecule is Cc1cc(NC(=O)c2cc(C(C)C)nc3c2c(=O)[nH]c(=O)n3CC(C)C)n(C)n1. The molecule has 9 nitrogen and oxygen atoms in total. The summed E-state index contributed by atoms with van der Waals surface area (Å²) in [6.07, 6.45) is 0. The quantitative estimate of drug-likeness (QED) is 0.683. The molecule has 0 fully saturated rings. The molecule has 9 heteroatoms. The van der Waals surface area contributed by atoms with Gasteiger partial charge in [-0.15, -0.1) is 0 Å². The van der Waals surface area contributed by atoms with Gasteiger partial charge >= 0.3 is 5.69 Å². The maximum atomic E-state index is 13.1. The summed E-state index contributed by atoms with van der Waals surface area (Å²) in [4.78, 5) is 45.1. The predicted octanol–water partition coefficient (Wildman–Crippen LogP) is 2.16. The highest BCUT2D eigenvalue weighted by atomic mass is 16.2. The van der Waals surface area contributed by atoms with Gasteiger partial charge in [0.15, 0.2) is 5.65 Å². The number of carbonyl (C=O) groups is 1. The van der Waals surface area contributed by atoms with Crippen LogP contribution in [-0.2, 0) is 13.6 Å². The van der Waals surface area contributed by atoms with Crippen LogP contribution in [0, 0.1) is 12.8 Å². The van der Waals surface area contributed by atoms with Crippen LogP contribution in [-0.4, -0.2) is 30.2 Å². The van der Waals surface area contributed by atoms with Crippen molar-refractivity contribution in [3.63, 3.8) is 0 Å². The number of aryl methyl sites for hydroxylation is 2. The summed E-state index contributed by atoms with van der Waals surface area (Å²) in [5.74, 6) is 0.214. The number of carbonyl (C=O) groups excluding carboxylic acids is 1. The van der Waals surface area contributed by atoms with E-state index in [9.17, 15) is 14.4 Å². The summed E-state index contributed by atoms with van der Waals surface area (Å²) in [7, 11) is 1.72. The average molecular weight is 398 g/mol. The van der Waals surface area contributed by atoms with Crippen LogP contribution in [0.3, 0.4) is 0 Å². The molecular weight excluding hydrogens is 372 g/mol. The number of hydrogen-bond acceptors (Lipinski definition) is 5. The molecule has 0 unspecified atom stereocenters. The molecular formula is C20H26N6O3. The van der Waals surface area contributed by atoms with E-state index in [4.69, 9.17) is 0 Å². The first-order valence-electron chi connectivity index (χ1n) is 9.58. The number of anilines is 1. The van der Waals surface area contributed by atoms with E-state index in [1.807, 2.05) is 34.6 Å².